The lowest BCUT2D eigenvalue weighted by atomic mass is 10.1. The first-order chi connectivity index (χ1) is 12.5. The maximum absolute atomic E-state index is 14.1. The van der Waals surface area contributed by atoms with Gasteiger partial charge in [0.05, 0.1) is 16.5 Å². The summed E-state index contributed by atoms with van der Waals surface area (Å²) in [4.78, 5) is -0.578. The molecule has 2 atom stereocenters. The highest BCUT2D eigenvalue weighted by Crippen LogP contribution is 2.55. The van der Waals surface area contributed by atoms with E-state index in [1.54, 1.807) is 6.07 Å². The molecule has 1 aliphatic rings. The number of sulfone groups is 1. The molecule has 27 heavy (non-hydrogen) atoms. The number of halogens is 3. The van der Waals surface area contributed by atoms with E-state index in [1.807, 2.05) is 0 Å². The van der Waals surface area contributed by atoms with Gasteiger partial charge in [-0.1, -0.05) is 0 Å². The summed E-state index contributed by atoms with van der Waals surface area (Å²) >= 11 is 0. The topological polar surface area (TPSA) is 108 Å². The second-order valence-corrected chi connectivity index (χ2v) is 8.01. The van der Waals surface area contributed by atoms with Crippen LogP contribution in [0.2, 0.25) is 0 Å². The van der Waals surface area contributed by atoms with Gasteiger partial charge in [0.15, 0.2) is 9.84 Å². The average molecular weight is 399 g/mol. The third-order valence-corrected chi connectivity index (χ3v) is 5.27. The molecule has 3 rings (SSSR count). The number of nitriles is 1. The Kier molecular flexibility index (Phi) is 4.42. The molecule has 0 amide bonds. The molecule has 0 spiro atoms. The number of hydrogen-bond donors (Lipinski definition) is 2. The van der Waals surface area contributed by atoms with Gasteiger partial charge in [-0.2, -0.15) is 5.26 Å². The lowest BCUT2D eigenvalue weighted by Gasteiger charge is -2.18. The molecule has 10 heteroatoms. The number of fused-ring (bicyclic) bond motifs is 1. The van der Waals surface area contributed by atoms with Gasteiger partial charge in [0.2, 0.25) is 0 Å². The van der Waals surface area contributed by atoms with Gasteiger partial charge >= 0.3 is 5.92 Å². The second-order valence-electron chi connectivity index (χ2n) is 6.03. The maximum Gasteiger partial charge on any atom is 0.307 e. The van der Waals surface area contributed by atoms with E-state index in [2.05, 4.69) is 0 Å². The molecule has 1 aliphatic carbocycles. The second kappa shape index (κ2) is 6.23. The first-order valence-electron chi connectivity index (χ1n) is 7.46. The molecule has 2 aromatic carbocycles. The van der Waals surface area contributed by atoms with Crippen LogP contribution in [-0.4, -0.2) is 30.8 Å². The van der Waals surface area contributed by atoms with Crippen molar-refractivity contribution in [3.8, 4) is 17.6 Å². The summed E-state index contributed by atoms with van der Waals surface area (Å²) in [5.41, 5.74) is -1.39. The van der Waals surface area contributed by atoms with Gasteiger partial charge in [-0.05, 0) is 24.3 Å². The Hall–Kier alpha value is -2.61. The van der Waals surface area contributed by atoms with Crippen LogP contribution in [0.1, 0.15) is 28.9 Å². The predicted octanol–water partition coefficient (Wildman–Crippen LogP) is 2.61. The van der Waals surface area contributed by atoms with E-state index in [1.165, 1.54) is 0 Å². The molecular weight excluding hydrogens is 387 g/mol. The van der Waals surface area contributed by atoms with Crippen LogP contribution in [0.15, 0.2) is 35.2 Å². The fourth-order valence-corrected chi connectivity index (χ4v) is 3.86. The van der Waals surface area contributed by atoms with Crippen molar-refractivity contribution in [2.75, 3.05) is 6.26 Å². The molecule has 0 saturated carbocycles. The van der Waals surface area contributed by atoms with Crippen LogP contribution in [0.25, 0.3) is 0 Å². The van der Waals surface area contributed by atoms with Gasteiger partial charge in [-0.3, -0.25) is 0 Å². The molecule has 0 aliphatic heterocycles. The molecule has 0 saturated heterocycles. The Morgan fingerprint density at radius 3 is 2.37 bits per heavy atom. The van der Waals surface area contributed by atoms with Crippen molar-refractivity contribution in [2.24, 2.45) is 0 Å². The van der Waals surface area contributed by atoms with Gasteiger partial charge in [0, 0.05) is 23.4 Å². The highest BCUT2D eigenvalue weighted by molar-refractivity contribution is 7.90. The number of ether oxygens (including phenoxy) is 1. The minimum absolute atomic E-state index is 0.0969. The van der Waals surface area contributed by atoms with Crippen molar-refractivity contribution < 1.29 is 36.5 Å². The molecule has 2 N–H and O–H groups in total. The summed E-state index contributed by atoms with van der Waals surface area (Å²) in [6, 6.07) is 6.61. The van der Waals surface area contributed by atoms with Crippen LogP contribution >= 0.6 is 0 Å². The lowest BCUT2D eigenvalue weighted by Crippen LogP contribution is -2.26. The monoisotopic (exact) mass is 399 g/mol. The first kappa shape index (κ1) is 19.2. The van der Waals surface area contributed by atoms with Crippen LogP contribution in [0, 0.1) is 17.1 Å². The first-order valence-corrected chi connectivity index (χ1v) is 9.35. The Morgan fingerprint density at radius 2 is 1.78 bits per heavy atom. The Morgan fingerprint density at radius 1 is 1.15 bits per heavy atom. The molecular formula is C17H12F3NO5S. The van der Waals surface area contributed by atoms with Crippen molar-refractivity contribution in [1.82, 2.24) is 0 Å². The van der Waals surface area contributed by atoms with Gasteiger partial charge in [0.1, 0.15) is 29.5 Å². The number of aliphatic hydroxyl groups is 2. The number of benzene rings is 2. The quantitative estimate of drug-likeness (QED) is 0.822. The van der Waals surface area contributed by atoms with Crippen LogP contribution in [0.3, 0.4) is 0 Å². The van der Waals surface area contributed by atoms with E-state index in [4.69, 9.17) is 10.00 Å². The summed E-state index contributed by atoms with van der Waals surface area (Å²) in [7, 11) is -4.00. The molecule has 142 valence electrons. The fourth-order valence-electron chi connectivity index (χ4n) is 2.92. The summed E-state index contributed by atoms with van der Waals surface area (Å²) in [5.74, 6) is -5.49. The third kappa shape index (κ3) is 3.14. The van der Waals surface area contributed by atoms with E-state index in [0.717, 1.165) is 36.6 Å². The maximum atomic E-state index is 14.1. The Bertz CT molecular complexity index is 1080. The number of aliphatic hydroxyl groups excluding tert-OH is 2. The summed E-state index contributed by atoms with van der Waals surface area (Å²) in [5, 5.41) is 28.7. The molecule has 2 aromatic rings. The smallest absolute Gasteiger partial charge is 0.307 e. The molecule has 0 radical (unpaired) electrons. The highest BCUT2D eigenvalue weighted by Gasteiger charge is 2.57. The van der Waals surface area contributed by atoms with Crippen LogP contribution in [0.5, 0.6) is 11.5 Å². The largest absolute Gasteiger partial charge is 0.457 e. The predicted molar refractivity (Wildman–Crippen MR) is 85.6 cm³/mol. The Balaban J connectivity index is 2.21. The minimum Gasteiger partial charge on any atom is -0.457 e. The van der Waals surface area contributed by atoms with Crippen LogP contribution in [0.4, 0.5) is 13.2 Å². The number of nitrogens with zero attached hydrogens (tertiary/aromatic N) is 1. The van der Waals surface area contributed by atoms with Crippen molar-refractivity contribution in [3.05, 3.63) is 52.8 Å². The third-order valence-electron chi connectivity index (χ3n) is 4.11. The molecule has 0 bridgehead atoms. The van der Waals surface area contributed by atoms with Crippen LogP contribution < -0.4 is 4.74 Å². The highest BCUT2D eigenvalue weighted by atomic mass is 32.2. The molecule has 0 aromatic heterocycles. The van der Waals surface area contributed by atoms with Crippen molar-refractivity contribution in [2.45, 2.75) is 23.0 Å². The summed E-state index contributed by atoms with van der Waals surface area (Å²) in [6.07, 6.45) is -4.34. The van der Waals surface area contributed by atoms with Gasteiger partial charge in [-0.15, -0.1) is 0 Å². The number of alkyl halides is 2. The van der Waals surface area contributed by atoms with Gasteiger partial charge < -0.3 is 14.9 Å². The van der Waals surface area contributed by atoms with Crippen molar-refractivity contribution >= 4 is 9.84 Å². The SMILES string of the molecule is CS(=O)(=O)c1ccc(Oc2cc(F)cc(C#N)c2)c2c1[C@H](O)C(F)(F)[C@H]2O. The molecule has 0 heterocycles. The van der Waals surface area contributed by atoms with Crippen molar-refractivity contribution in [1.29, 1.82) is 5.26 Å². The number of rotatable bonds is 3. The summed E-state index contributed by atoms with van der Waals surface area (Å²) < 4.78 is 70.9. The standard InChI is InChI=1S/C17H12F3NO5S/c1-27(24,25)12-3-2-11(13-14(12)16(23)17(19,20)15(13)22)26-10-5-8(7-21)4-9(18)6-10/h2-6,15-16,22-23H,1H3/t15-,16-/m0/s1. The van der Waals surface area contributed by atoms with Crippen molar-refractivity contribution in [3.63, 3.8) is 0 Å². The zero-order valence-electron chi connectivity index (χ0n) is 13.6. The zero-order chi connectivity index (χ0) is 20.1. The van der Waals surface area contributed by atoms with E-state index in [9.17, 15) is 31.8 Å². The van der Waals surface area contributed by atoms with E-state index >= 15 is 0 Å². The van der Waals surface area contributed by atoms with E-state index in [-0.39, 0.29) is 11.3 Å². The van der Waals surface area contributed by atoms with Gasteiger partial charge in [-0.25, -0.2) is 21.6 Å². The van der Waals surface area contributed by atoms with E-state index in [0.29, 0.717) is 0 Å². The van der Waals surface area contributed by atoms with Crippen LogP contribution in [-0.2, 0) is 9.84 Å². The average Bonchev–Trinajstić information content (AvgIpc) is 2.75. The Labute approximate surface area is 152 Å². The summed E-state index contributed by atoms with van der Waals surface area (Å²) in [6.45, 7) is 0. The lowest BCUT2D eigenvalue weighted by molar-refractivity contribution is -0.166. The molecule has 6 nitrogen and oxygen atoms in total. The van der Waals surface area contributed by atoms with E-state index < -0.39 is 55.6 Å². The molecule has 0 fully saturated rings. The molecule has 0 unspecified atom stereocenters. The normalized spacial score (nSPS) is 20.8. The fraction of sp³-hybridized carbons (Fsp3) is 0.235. The number of hydrogen-bond acceptors (Lipinski definition) is 6. The zero-order valence-corrected chi connectivity index (χ0v) is 14.5. The minimum atomic E-state index is -4.05. The van der Waals surface area contributed by atoms with Gasteiger partial charge in [0.25, 0.3) is 0 Å².